The Hall–Kier alpha value is -0.770. The molecule has 0 aromatic carbocycles. The first-order valence-electron chi connectivity index (χ1n) is 5.54. The second-order valence-corrected chi connectivity index (χ2v) is 4.62. The minimum absolute atomic E-state index is 0.0413. The van der Waals surface area contributed by atoms with E-state index in [9.17, 15) is 9.59 Å². The summed E-state index contributed by atoms with van der Waals surface area (Å²) in [5.74, 6) is 0.732. The molecule has 2 amide bonds. The van der Waals surface area contributed by atoms with Crippen LogP contribution in [0.4, 0.5) is 0 Å². The van der Waals surface area contributed by atoms with Gasteiger partial charge in [0.25, 0.3) is 0 Å². The number of rotatable bonds is 7. The first kappa shape index (κ1) is 15.2. The number of hydrogen-bond donors (Lipinski definition) is 1. The lowest BCUT2D eigenvalue weighted by molar-refractivity contribution is -0.134. The first-order chi connectivity index (χ1) is 7.47. The molecule has 0 bridgehead atoms. The molecule has 5 heteroatoms. The van der Waals surface area contributed by atoms with Crippen molar-refractivity contribution in [2.75, 3.05) is 26.0 Å². The second-order valence-electron chi connectivity index (χ2n) is 4.24. The smallest absolute Gasteiger partial charge is 0.239 e. The maximum Gasteiger partial charge on any atom is 0.239 e. The molecule has 0 unspecified atom stereocenters. The van der Waals surface area contributed by atoms with Crippen LogP contribution in [0, 0.1) is 5.92 Å². The summed E-state index contributed by atoms with van der Waals surface area (Å²) in [6.07, 6.45) is 1.05. The lowest BCUT2D eigenvalue weighted by Gasteiger charge is -2.17. The number of amides is 2. The van der Waals surface area contributed by atoms with Crippen LogP contribution >= 0.6 is 11.6 Å². The monoisotopic (exact) mass is 248 g/mol. The average Bonchev–Trinajstić information content (AvgIpc) is 2.22. The van der Waals surface area contributed by atoms with Gasteiger partial charge in [0, 0.05) is 25.9 Å². The molecule has 0 aliphatic rings. The quantitative estimate of drug-likeness (QED) is 0.689. The number of likely N-dealkylation sites (N-methyl/N-ethyl adjacent to an activating group) is 1. The molecule has 1 N–H and O–H groups in total. The van der Waals surface area contributed by atoms with Crippen LogP contribution in [0.25, 0.3) is 0 Å². The van der Waals surface area contributed by atoms with Crippen LogP contribution in [0.5, 0.6) is 0 Å². The summed E-state index contributed by atoms with van der Waals surface area (Å²) in [5, 5.41) is 2.77. The van der Waals surface area contributed by atoms with E-state index in [-0.39, 0.29) is 18.4 Å². The van der Waals surface area contributed by atoms with Crippen molar-refractivity contribution in [2.45, 2.75) is 26.7 Å². The number of nitrogens with zero attached hydrogens (tertiary/aromatic N) is 1. The second kappa shape index (κ2) is 8.39. The molecule has 0 aromatic rings. The molecule has 0 rings (SSSR count). The van der Waals surface area contributed by atoms with Crippen molar-refractivity contribution in [1.29, 1.82) is 0 Å². The highest BCUT2D eigenvalue weighted by Crippen LogP contribution is 1.97. The fourth-order valence-electron chi connectivity index (χ4n) is 1.09. The van der Waals surface area contributed by atoms with Gasteiger partial charge < -0.3 is 10.2 Å². The molecule has 0 aliphatic heterocycles. The van der Waals surface area contributed by atoms with Gasteiger partial charge in [-0.05, 0) is 12.3 Å². The molecule has 4 nitrogen and oxygen atoms in total. The minimum atomic E-state index is -0.115. The van der Waals surface area contributed by atoms with E-state index in [0.29, 0.717) is 31.2 Å². The van der Waals surface area contributed by atoms with E-state index in [1.54, 1.807) is 7.05 Å². The van der Waals surface area contributed by atoms with Crippen molar-refractivity contribution in [3.8, 4) is 0 Å². The molecule has 0 atom stereocenters. The summed E-state index contributed by atoms with van der Waals surface area (Å²) in [6, 6.07) is 0. The Morgan fingerprint density at radius 2 is 2.00 bits per heavy atom. The van der Waals surface area contributed by atoms with Gasteiger partial charge in [0.05, 0.1) is 6.54 Å². The number of carbonyl (C=O) groups excluding carboxylic acids is 2. The molecule has 0 aromatic heterocycles. The van der Waals surface area contributed by atoms with E-state index in [1.165, 1.54) is 4.90 Å². The highest BCUT2D eigenvalue weighted by Gasteiger charge is 2.12. The zero-order valence-corrected chi connectivity index (χ0v) is 11.0. The largest absolute Gasteiger partial charge is 0.354 e. The zero-order chi connectivity index (χ0) is 12.6. The molecular formula is C11H21ClN2O2. The van der Waals surface area contributed by atoms with Gasteiger partial charge in [0.1, 0.15) is 0 Å². The van der Waals surface area contributed by atoms with Gasteiger partial charge in [-0.3, -0.25) is 9.59 Å². The van der Waals surface area contributed by atoms with Crippen LogP contribution in [0.1, 0.15) is 26.7 Å². The summed E-state index contributed by atoms with van der Waals surface area (Å²) in [4.78, 5) is 24.3. The van der Waals surface area contributed by atoms with Crippen molar-refractivity contribution < 1.29 is 9.59 Å². The molecule has 0 spiro atoms. The fraction of sp³-hybridized carbons (Fsp3) is 0.818. The van der Waals surface area contributed by atoms with Crippen molar-refractivity contribution in [2.24, 2.45) is 5.92 Å². The van der Waals surface area contributed by atoms with E-state index in [0.717, 1.165) is 0 Å². The van der Waals surface area contributed by atoms with Crippen LogP contribution in [-0.4, -0.2) is 42.7 Å². The van der Waals surface area contributed by atoms with Crippen LogP contribution in [0.2, 0.25) is 0 Å². The van der Waals surface area contributed by atoms with Gasteiger partial charge in [0.2, 0.25) is 11.8 Å². The van der Waals surface area contributed by atoms with Gasteiger partial charge >= 0.3 is 0 Å². The predicted molar refractivity (Wildman–Crippen MR) is 65.4 cm³/mol. The zero-order valence-electron chi connectivity index (χ0n) is 10.3. The normalized spacial score (nSPS) is 10.3. The van der Waals surface area contributed by atoms with E-state index in [1.807, 2.05) is 13.8 Å². The number of carbonyl (C=O) groups is 2. The molecule has 94 valence electrons. The summed E-state index contributed by atoms with van der Waals surface area (Å²) in [6.45, 7) is 4.81. The number of alkyl halides is 1. The van der Waals surface area contributed by atoms with E-state index < -0.39 is 0 Å². The number of halogens is 1. The molecule has 0 radical (unpaired) electrons. The third kappa shape index (κ3) is 7.51. The Kier molecular flexibility index (Phi) is 7.99. The highest BCUT2D eigenvalue weighted by atomic mass is 35.5. The van der Waals surface area contributed by atoms with E-state index in [4.69, 9.17) is 11.6 Å². The number of hydrogen-bond acceptors (Lipinski definition) is 2. The number of nitrogens with one attached hydrogen (secondary N) is 1. The summed E-state index contributed by atoms with van der Waals surface area (Å²) in [7, 11) is 1.63. The Labute approximate surface area is 102 Å². The maximum absolute atomic E-state index is 11.5. The Morgan fingerprint density at radius 3 is 2.50 bits per heavy atom. The molecule has 16 heavy (non-hydrogen) atoms. The van der Waals surface area contributed by atoms with Crippen molar-refractivity contribution in [3.63, 3.8) is 0 Å². The Bertz CT molecular complexity index is 232. The van der Waals surface area contributed by atoms with Gasteiger partial charge in [-0.15, -0.1) is 11.6 Å². The molecule has 0 saturated carbocycles. The van der Waals surface area contributed by atoms with E-state index in [2.05, 4.69) is 5.32 Å². The van der Waals surface area contributed by atoms with Crippen LogP contribution in [-0.2, 0) is 9.59 Å². The molecule has 0 aliphatic carbocycles. The van der Waals surface area contributed by atoms with Gasteiger partial charge in [-0.1, -0.05) is 13.8 Å². The van der Waals surface area contributed by atoms with Gasteiger partial charge in [0.15, 0.2) is 0 Å². The van der Waals surface area contributed by atoms with Crippen molar-refractivity contribution >= 4 is 23.4 Å². The van der Waals surface area contributed by atoms with Gasteiger partial charge in [-0.2, -0.15) is 0 Å². The minimum Gasteiger partial charge on any atom is -0.354 e. The molecule has 0 fully saturated rings. The van der Waals surface area contributed by atoms with Crippen molar-refractivity contribution in [3.05, 3.63) is 0 Å². The van der Waals surface area contributed by atoms with Crippen LogP contribution < -0.4 is 5.32 Å². The van der Waals surface area contributed by atoms with Gasteiger partial charge in [-0.25, -0.2) is 0 Å². The maximum atomic E-state index is 11.5. The highest BCUT2D eigenvalue weighted by molar-refractivity contribution is 6.17. The lowest BCUT2D eigenvalue weighted by Crippen LogP contribution is -2.39. The summed E-state index contributed by atoms with van der Waals surface area (Å²) in [5.41, 5.74) is 0. The summed E-state index contributed by atoms with van der Waals surface area (Å²) < 4.78 is 0. The van der Waals surface area contributed by atoms with Crippen LogP contribution in [0.3, 0.4) is 0 Å². The molecule has 0 heterocycles. The lowest BCUT2D eigenvalue weighted by atomic mass is 10.2. The third-order valence-electron chi connectivity index (χ3n) is 2.04. The molecule has 0 saturated heterocycles. The Morgan fingerprint density at radius 1 is 1.38 bits per heavy atom. The average molecular weight is 249 g/mol. The Balaban J connectivity index is 3.80. The third-order valence-corrected chi connectivity index (χ3v) is 2.31. The topological polar surface area (TPSA) is 49.4 Å². The fourth-order valence-corrected chi connectivity index (χ4v) is 1.22. The SMILES string of the molecule is CC(C)CNC(=O)CN(C)C(=O)CCCCl. The standard InChI is InChI=1S/C11H21ClN2O2/c1-9(2)7-13-10(15)8-14(3)11(16)5-4-6-12/h9H,4-8H2,1-3H3,(H,13,15). The molecular weight excluding hydrogens is 228 g/mol. The predicted octanol–water partition coefficient (Wildman–Crippen LogP) is 1.24. The summed E-state index contributed by atoms with van der Waals surface area (Å²) >= 11 is 5.49. The van der Waals surface area contributed by atoms with Crippen molar-refractivity contribution in [1.82, 2.24) is 10.2 Å². The first-order valence-corrected chi connectivity index (χ1v) is 6.07. The van der Waals surface area contributed by atoms with Crippen LogP contribution in [0.15, 0.2) is 0 Å². The van der Waals surface area contributed by atoms with E-state index >= 15 is 0 Å².